The summed E-state index contributed by atoms with van der Waals surface area (Å²) in [7, 11) is 0. The molecule has 8 heteroatoms. The maximum atomic E-state index is 12.0. The van der Waals surface area contributed by atoms with E-state index >= 15 is 0 Å². The van der Waals surface area contributed by atoms with E-state index in [9.17, 15) is 19.2 Å². The van der Waals surface area contributed by atoms with Gasteiger partial charge in [0.25, 0.3) is 0 Å². The minimum atomic E-state index is -0.627. The molecule has 0 aromatic rings. The van der Waals surface area contributed by atoms with Gasteiger partial charge in [-0.1, -0.05) is 0 Å². The van der Waals surface area contributed by atoms with Crippen molar-refractivity contribution in [1.82, 2.24) is 0 Å². The molecule has 1 aliphatic heterocycles. The lowest BCUT2D eigenvalue weighted by Gasteiger charge is -2.19. The van der Waals surface area contributed by atoms with Gasteiger partial charge in [0.15, 0.2) is 0 Å². The molecular weight excluding hydrogens is 368 g/mol. The Hall–Kier alpha value is -2.64. The van der Waals surface area contributed by atoms with Crippen LogP contribution in [0.25, 0.3) is 0 Å². The molecule has 2 unspecified atom stereocenters. The van der Waals surface area contributed by atoms with Gasteiger partial charge < -0.3 is 18.9 Å². The topological polar surface area (TPSA) is 105 Å². The Morgan fingerprint density at radius 2 is 1.14 bits per heavy atom. The molecule has 0 amide bonds. The minimum absolute atomic E-state index is 0.368. The Morgan fingerprint density at radius 3 is 1.46 bits per heavy atom. The smallest absolute Gasteiger partial charge is 0.330 e. The summed E-state index contributed by atoms with van der Waals surface area (Å²) in [6.07, 6.45) is 4.80. The summed E-state index contributed by atoms with van der Waals surface area (Å²) in [4.78, 5) is 46.4. The van der Waals surface area contributed by atoms with Crippen LogP contribution in [-0.2, 0) is 38.1 Å². The van der Waals surface area contributed by atoms with Crippen molar-refractivity contribution >= 4 is 23.9 Å². The number of cyclic esters (lactones) is 2. The van der Waals surface area contributed by atoms with E-state index in [4.69, 9.17) is 18.9 Å². The van der Waals surface area contributed by atoms with E-state index in [1.54, 1.807) is 13.8 Å². The first kappa shape index (κ1) is 23.4. The largest absolute Gasteiger partial charge is 0.460 e. The van der Waals surface area contributed by atoms with Gasteiger partial charge >= 0.3 is 23.9 Å². The van der Waals surface area contributed by atoms with Gasteiger partial charge in [-0.2, -0.15) is 0 Å². The van der Waals surface area contributed by atoms with Crippen molar-refractivity contribution in [2.24, 2.45) is 0 Å². The van der Waals surface area contributed by atoms with E-state index in [0.717, 1.165) is 0 Å². The van der Waals surface area contributed by atoms with Gasteiger partial charge in [0.2, 0.25) is 0 Å². The van der Waals surface area contributed by atoms with Gasteiger partial charge in [-0.05, 0) is 51.7 Å². The molecule has 156 valence electrons. The number of esters is 4. The third-order valence-corrected chi connectivity index (χ3v) is 3.88. The van der Waals surface area contributed by atoms with Crippen molar-refractivity contribution in [3.63, 3.8) is 0 Å². The summed E-state index contributed by atoms with van der Waals surface area (Å²) in [5, 5.41) is 0. The quantitative estimate of drug-likeness (QED) is 0.517. The first-order valence-corrected chi connectivity index (χ1v) is 9.27. The average molecular weight is 396 g/mol. The standard InChI is InChI=1S/C20H28O8/c1-13-5-7-17(27-15(3)21)10-12-20(24)26-14(2)6-8-18(28-16(4)22)9-11-19(23)25-13/h9-14,17-18H,5-8H2,1-4H3/b11-9+,12-10+/t13?,14?,17-,18+. The van der Waals surface area contributed by atoms with Crippen molar-refractivity contribution in [2.45, 2.75) is 77.8 Å². The van der Waals surface area contributed by atoms with Crippen molar-refractivity contribution in [1.29, 1.82) is 0 Å². The zero-order chi connectivity index (χ0) is 21.1. The predicted molar refractivity (Wildman–Crippen MR) is 99.0 cm³/mol. The number of hydrogen-bond acceptors (Lipinski definition) is 8. The lowest BCUT2D eigenvalue weighted by molar-refractivity contribution is -0.148. The fourth-order valence-corrected chi connectivity index (χ4v) is 2.58. The number of hydrogen-bond donors (Lipinski definition) is 0. The average Bonchev–Trinajstić information content (AvgIpc) is 2.58. The van der Waals surface area contributed by atoms with E-state index < -0.39 is 48.3 Å². The van der Waals surface area contributed by atoms with Gasteiger partial charge in [0.05, 0.1) is 12.2 Å². The Balaban J connectivity index is 2.91. The summed E-state index contributed by atoms with van der Waals surface area (Å²) >= 11 is 0. The van der Waals surface area contributed by atoms with Crippen LogP contribution in [0.5, 0.6) is 0 Å². The molecule has 0 N–H and O–H groups in total. The molecule has 0 saturated carbocycles. The Labute approximate surface area is 164 Å². The first-order chi connectivity index (χ1) is 13.2. The second kappa shape index (κ2) is 11.9. The molecule has 0 saturated heterocycles. The van der Waals surface area contributed by atoms with Gasteiger partial charge in [-0.3, -0.25) is 9.59 Å². The zero-order valence-electron chi connectivity index (χ0n) is 16.7. The van der Waals surface area contributed by atoms with Crippen LogP contribution >= 0.6 is 0 Å². The molecule has 0 radical (unpaired) electrons. The van der Waals surface area contributed by atoms with Gasteiger partial charge in [0, 0.05) is 26.0 Å². The first-order valence-electron chi connectivity index (χ1n) is 9.27. The molecule has 0 aliphatic carbocycles. The van der Waals surface area contributed by atoms with Crippen molar-refractivity contribution in [2.75, 3.05) is 0 Å². The third kappa shape index (κ3) is 10.5. The van der Waals surface area contributed by atoms with Crippen molar-refractivity contribution < 1.29 is 38.1 Å². The molecule has 0 aromatic carbocycles. The van der Waals surface area contributed by atoms with Crippen LogP contribution in [0.3, 0.4) is 0 Å². The van der Waals surface area contributed by atoms with E-state index in [2.05, 4.69) is 0 Å². The fourth-order valence-electron chi connectivity index (χ4n) is 2.58. The minimum Gasteiger partial charge on any atom is -0.460 e. The Morgan fingerprint density at radius 1 is 0.786 bits per heavy atom. The summed E-state index contributed by atoms with van der Waals surface area (Å²) in [5.74, 6) is -2.07. The molecule has 1 heterocycles. The predicted octanol–water partition coefficient (Wildman–Crippen LogP) is 2.40. The monoisotopic (exact) mass is 396 g/mol. The van der Waals surface area contributed by atoms with Crippen LogP contribution < -0.4 is 0 Å². The van der Waals surface area contributed by atoms with E-state index in [-0.39, 0.29) is 0 Å². The van der Waals surface area contributed by atoms with Crippen LogP contribution in [0.4, 0.5) is 0 Å². The van der Waals surface area contributed by atoms with E-state index in [1.165, 1.54) is 38.2 Å². The Bertz CT molecular complexity index is 568. The number of rotatable bonds is 2. The summed E-state index contributed by atoms with van der Waals surface area (Å²) < 4.78 is 20.9. The zero-order valence-corrected chi connectivity index (χ0v) is 16.7. The molecule has 0 bridgehead atoms. The van der Waals surface area contributed by atoms with Crippen molar-refractivity contribution in [3.8, 4) is 0 Å². The summed E-state index contributed by atoms with van der Waals surface area (Å²) in [6.45, 7) is 5.98. The molecular formula is C20H28O8. The maximum absolute atomic E-state index is 12.0. The fraction of sp³-hybridized carbons (Fsp3) is 0.600. The van der Waals surface area contributed by atoms with Crippen LogP contribution in [0.1, 0.15) is 53.4 Å². The summed E-state index contributed by atoms with van der Waals surface area (Å²) in [5.41, 5.74) is 0. The normalized spacial score (nSPS) is 29.7. The molecule has 8 nitrogen and oxygen atoms in total. The highest BCUT2D eigenvalue weighted by molar-refractivity contribution is 5.82. The molecule has 0 spiro atoms. The second-order valence-corrected chi connectivity index (χ2v) is 6.66. The third-order valence-electron chi connectivity index (χ3n) is 3.88. The SMILES string of the molecule is CC(=O)O[C@@H]1/C=C/C(=O)OC(C)CC[C@@H](OC(C)=O)/C=C/C(=O)OC(C)CC1. The van der Waals surface area contributed by atoms with Gasteiger partial charge in [-0.25, -0.2) is 9.59 Å². The lowest BCUT2D eigenvalue weighted by Crippen LogP contribution is -2.22. The highest BCUT2D eigenvalue weighted by atomic mass is 16.6. The molecule has 1 aliphatic rings. The second-order valence-electron chi connectivity index (χ2n) is 6.66. The van der Waals surface area contributed by atoms with Gasteiger partial charge in [0.1, 0.15) is 12.2 Å². The van der Waals surface area contributed by atoms with Crippen molar-refractivity contribution in [3.05, 3.63) is 24.3 Å². The van der Waals surface area contributed by atoms with Crippen LogP contribution in [0.15, 0.2) is 24.3 Å². The molecule has 4 atom stereocenters. The summed E-state index contributed by atoms with van der Waals surface area (Å²) in [6, 6.07) is 0. The van der Waals surface area contributed by atoms with E-state index in [0.29, 0.717) is 25.7 Å². The highest BCUT2D eigenvalue weighted by Crippen LogP contribution is 2.14. The number of carbonyl (C=O) groups excluding carboxylic acids is 4. The van der Waals surface area contributed by atoms with Crippen LogP contribution in [0.2, 0.25) is 0 Å². The van der Waals surface area contributed by atoms with Gasteiger partial charge in [-0.15, -0.1) is 0 Å². The van der Waals surface area contributed by atoms with E-state index in [1.807, 2.05) is 0 Å². The highest BCUT2D eigenvalue weighted by Gasteiger charge is 2.17. The molecule has 0 fully saturated rings. The molecule has 0 aromatic heterocycles. The molecule has 28 heavy (non-hydrogen) atoms. The van der Waals surface area contributed by atoms with Crippen LogP contribution in [0, 0.1) is 0 Å². The lowest BCUT2D eigenvalue weighted by atomic mass is 10.1. The Kier molecular flexibility index (Phi) is 9.98. The number of ether oxygens (including phenoxy) is 4. The maximum Gasteiger partial charge on any atom is 0.330 e. The van der Waals surface area contributed by atoms with Crippen LogP contribution in [-0.4, -0.2) is 48.3 Å². The number of carbonyl (C=O) groups is 4. The molecule has 1 rings (SSSR count).